The molecule has 0 aliphatic rings. The Kier molecular flexibility index (Phi) is 8.47. The minimum Gasteiger partial charge on any atom is -0.497 e. The van der Waals surface area contributed by atoms with Crippen molar-refractivity contribution in [2.75, 3.05) is 25.7 Å². The standard InChI is InChI=1S/C20H24ClN5O5/c1-4-31-20(27)18(23-12-13-5-8-15(30-3)9-6-13)19(24-22)25(2)16-10-7-14(21)11-17(16)26(28)29/h5-11,23-24H,4,12,22H2,1-3H3/b19-18+. The van der Waals surface area contributed by atoms with E-state index in [1.54, 1.807) is 26.2 Å². The number of carbonyl (C=O) groups is 1. The number of nitrogens with two attached hydrogens (primary N) is 1. The van der Waals surface area contributed by atoms with Crippen molar-refractivity contribution in [1.29, 1.82) is 0 Å². The highest BCUT2D eigenvalue weighted by Gasteiger charge is 2.25. The summed E-state index contributed by atoms with van der Waals surface area (Å²) >= 11 is 5.90. The monoisotopic (exact) mass is 449 g/mol. The van der Waals surface area contributed by atoms with Crippen LogP contribution < -0.4 is 26.2 Å². The number of rotatable bonds is 10. The third-order valence-electron chi connectivity index (χ3n) is 4.31. The molecule has 0 saturated heterocycles. The van der Waals surface area contributed by atoms with E-state index in [-0.39, 0.29) is 41.1 Å². The van der Waals surface area contributed by atoms with Crippen molar-refractivity contribution in [3.8, 4) is 5.75 Å². The Hall–Kier alpha value is -3.50. The van der Waals surface area contributed by atoms with Crippen LogP contribution in [0.3, 0.4) is 0 Å². The Balaban J connectivity index is 2.44. The van der Waals surface area contributed by atoms with Crippen molar-refractivity contribution in [1.82, 2.24) is 10.7 Å². The first kappa shape index (κ1) is 23.8. The summed E-state index contributed by atoms with van der Waals surface area (Å²) in [6.07, 6.45) is 0. The molecule has 2 aromatic carbocycles. The fourth-order valence-corrected chi connectivity index (χ4v) is 2.94. The van der Waals surface area contributed by atoms with Crippen LogP contribution in [0.2, 0.25) is 5.02 Å². The van der Waals surface area contributed by atoms with Crippen molar-refractivity contribution >= 4 is 28.9 Å². The molecule has 2 aromatic rings. The molecule has 10 nitrogen and oxygen atoms in total. The summed E-state index contributed by atoms with van der Waals surface area (Å²) in [6.45, 7) is 2.07. The van der Waals surface area contributed by atoms with Crippen LogP contribution in [0, 0.1) is 10.1 Å². The van der Waals surface area contributed by atoms with E-state index in [4.69, 9.17) is 26.9 Å². The third-order valence-corrected chi connectivity index (χ3v) is 4.55. The third kappa shape index (κ3) is 6.00. The predicted octanol–water partition coefficient (Wildman–Crippen LogP) is 2.68. The van der Waals surface area contributed by atoms with Crippen LogP contribution in [0.25, 0.3) is 0 Å². The Morgan fingerprint density at radius 1 is 1.26 bits per heavy atom. The van der Waals surface area contributed by atoms with Crippen molar-refractivity contribution in [2.45, 2.75) is 13.5 Å². The maximum atomic E-state index is 12.6. The number of hydrazine groups is 1. The number of nitro benzene ring substituents is 1. The zero-order valence-electron chi connectivity index (χ0n) is 17.3. The summed E-state index contributed by atoms with van der Waals surface area (Å²) in [5.74, 6) is 5.80. The Labute approximate surface area is 184 Å². The largest absolute Gasteiger partial charge is 0.497 e. The van der Waals surface area contributed by atoms with Crippen LogP contribution in [0.15, 0.2) is 54.0 Å². The summed E-state index contributed by atoms with van der Waals surface area (Å²) in [5.41, 5.74) is 3.24. The average Bonchev–Trinajstić information content (AvgIpc) is 2.76. The first-order chi connectivity index (χ1) is 14.8. The van der Waals surface area contributed by atoms with E-state index in [9.17, 15) is 14.9 Å². The lowest BCUT2D eigenvalue weighted by molar-refractivity contribution is -0.384. The first-order valence-electron chi connectivity index (χ1n) is 9.24. The number of hydrogen-bond acceptors (Lipinski definition) is 9. The molecule has 0 heterocycles. The molecule has 0 aromatic heterocycles. The number of benzene rings is 2. The molecule has 0 unspecified atom stereocenters. The number of halogens is 1. The average molecular weight is 450 g/mol. The summed E-state index contributed by atoms with van der Waals surface area (Å²) in [4.78, 5) is 24.9. The quantitative estimate of drug-likeness (QED) is 0.164. The number of nitrogens with one attached hydrogen (secondary N) is 2. The highest BCUT2D eigenvalue weighted by Crippen LogP contribution is 2.32. The molecule has 0 amide bonds. The van der Waals surface area contributed by atoms with Crippen molar-refractivity contribution in [3.05, 3.63) is 74.7 Å². The number of hydrogen-bond donors (Lipinski definition) is 3. The molecule has 0 atom stereocenters. The molecule has 11 heteroatoms. The zero-order chi connectivity index (χ0) is 23.0. The zero-order valence-corrected chi connectivity index (χ0v) is 18.1. The van der Waals surface area contributed by atoms with Gasteiger partial charge in [0.1, 0.15) is 11.4 Å². The van der Waals surface area contributed by atoms with Gasteiger partial charge in [-0.3, -0.25) is 10.1 Å². The topological polar surface area (TPSA) is 132 Å². The minimum absolute atomic E-state index is 0.00640. The van der Waals surface area contributed by atoms with Gasteiger partial charge in [0.2, 0.25) is 0 Å². The second-order valence-corrected chi connectivity index (χ2v) is 6.68. The highest BCUT2D eigenvalue weighted by molar-refractivity contribution is 6.30. The number of nitrogens with zero attached hydrogens (tertiary/aromatic N) is 2. The van der Waals surface area contributed by atoms with Gasteiger partial charge in [-0.1, -0.05) is 23.7 Å². The molecular weight excluding hydrogens is 426 g/mol. The van der Waals surface area contributed by atoms with Gasteiger partial charge in [0.15, 0.2) is 11.5 Å². The number of ether oxygens (including phenoxy) is 2. The van der Waals surface area contributed by atoms with E-state index in [0.717, 1.165) is 5.56 Å². The highest BCUT2D eigenvalue weighted by atomic mass is 35.5. The molecule has 0 aliphatic carbocycles. The summed E-state index contributed by atoms with van der Waals surface area (Å²) < 4.78 is 10.3. The van der Waals surface area contributed by atoms with Crippen LogP contribution in [0.1, 0.15) is 12.5 Å². The number of esters is 1. The van der Waals surface area contributed by atoms with Gasteiger partial charge in [0, 0.05) is 24.7 Å². The fraction of sp³-hybridized carbons (Fsp3) is 0.250. The number of methoxy groups -OCH3 is 1. The van der Waals surface area contributed by atoms with Gasteiger partial charge in [0.25, 0.3) is 5.69 Å². The van der Waals surface area contributed by atoms with Gasteiger partial charge in [0.05, 0.1) is 18.6 Å². The van der Waals surface area contributed by atoms with Gasteiger partial charge in [-0.2, -0.15) is 0 Å². The van der Waals surface area contributed by atoms with Gasteiger partial charge < -0.3 is 25.1 Å². The lowest BCUT2D eigenvalue weighted by Crippen LogP contribution is -2.39. The number of nitro groups is 1. The number of carbonyl (C=O) groups excluding carboxylic acids is 1. The van der Waals surface area contributed by atoms with Gasteiger partial charge in [-0.25, -0.2) is 10.6 Å². The second kappa shape index (κ2) is 11.0. The molecule has 0 spiro atoms. The predicted molar refractivity (Wildman–Crippen MR) is 117 cm³/mol. The molecular formula is C20H24ClN5O5. The summed E-state index contributed by atoms with van der Waals surface area (Å²) in [5, 5.41) is 14.7. The van der Waals surface area contributed by atoms with E-state index < -0.39 is 10.9 Å². The van der Waals surface area contributed by atoms with Gasteiger partial charge in [-0.05, 0) is 36.8 Å². The molecule has 4 N–H and O–H groups in total. The molecule has 31 heavy (non-hydrogen) atoms. The van der Waals surface area contributed by atoms with Crippen LogP contribution >= 0.6 is 11.6 Å². The minimum atomic E-state index is -0.674. The summed E-state index contributed by atoms with van der Waals surface area (Å²) in [7, 11) is 3.10. The number of anilines is 1. The van der Waals surface area contributed by atoms with Crippen LogP contribution in [0.5, 0.6) is 5.75 Å². The van der Waals surface area contributed by atoms with E-state index in [0.29, 0.717) is 5.75 Å². The van der Waals surface area contributed by atoms with E-state index in [2.05, 4.69) is 10.7 Å². The van der Waals surface area contributed by atoms with E-state index in [1.165, 1.54) is 30.1 Å². The molecule has 2 rings (SSSR count). The van der Waals surface area contributed by atoms with E-state index in [1.807, 2.05) is 12.1 Å². The molecule has 0 bridgehead atoms. The second-order valence-electron chi connectivity index (χ2n) is 6.24. The van der Waals surface area contributed by atoms with Crippen molar-refractivity contribution < 1.29 is 19.2 Å². The normalized spacial score (nSPS) is 11.3. The maximum absolute atomic E-state index is 12.6. The van der Waals surface area contributed by atoms with Crippen molar-refractivity contribution in [2.24, 2.45) is 5.84 Å². The van der Waals surface area contributed by atoms with Crippen LogP contribution in [0.4, 0.5) is 11.4 Å². The lowest BCUT2D eigenvalue weighted by Gasteiger charge is -2.25. The van der Waals surface area contributed by atoms with Crippen LogP contribution in [-0.4, -0.2) is 31.7 Å². The maximum Gasteiger partial charge on any atom is 0.358 e. The Bertz CT molecular complexity index is 965. The molecule has 166 valence electrons. The molecule has 0 radical (unpaired) electrons. The van der Waals surface area contributed by atoms with Gasteiger partial charge in [-0.15, -0.1) is 0 Å². The summed E-state index contributed by atoms with van der Waals surface area (Å²) in [6, 6.07) is 11.4. The Morgan fingerprint density at radius 3 is 2.48 bits per heavy atom. The van der Waals surface area contributed by atoms with Gasteiger partial charge >= 0.3 is 5.97 Å². The fourth-order valence-electron chi connectivity index (χ4n) is 2.77. The van der Waals surface area contributed by atoms with Crippen LogP contribution in [-0.2, 0) is 16.1 Å². The molecule has 0 aliphatic heterocycles. The smallest absolute Gasteiger partial charge is 0.358 e. The van der Waals surface area contributed by atoms with E-state index >= 15 is 0 Å². The molecule has 0 fully saturated rings. The Morgan fingerprint density at radius 2 is 1.94 bits per heavy atom. The first-order valence-corrected chi connectivity index (χ1v) is 9.62. The lowest BCUT2D eigenvalue weighted by atomic mass is 10.2. The van der Waals surface area contributed by atoms with Crippen molar-refractivity contribution in [3.63, 3.8) is 0 Å². The molecule has 0 saturated carbocycles. The SMILES string of the molecule is CCOC(=O)/C(NCc1ccc(OC)cc1)=C(/NN)N(C)c1ccc(Cl)cc1[N+](=O)[O-].